The van der Waals surface area contributed by atoms with Crippen LogP contribution < -0.4 is 10.1 Å². The summed E-state index contributed by atoms with van der Waals surface area (Å²) >= 11 is 0. The molecular weight excluding hydrogens is 382 g/mol. The number of ether oxygens (including phenoxy) is 1. The number of benzene rings is 1. The van der Waals surface area contributed by atoms with E-state index in [1.165, 1.54) is 37.1 Å². The van der Waals surface area contributed by atoms with Crippen molar-refractivity contribution in [1.29, 1.82) is 0 Å². The Morgan fingerprint density at radius 1 is 1.06 bits per heavy atom. The van der Waals surface area contributed by atoms with Gasteiger partial charge in [-0.25, -0.2) is 0 Å². The minimum atomic E-state index is 0.0701. The number of nitrogens with zero attached hydrogens (tertiary/aromatic N) is 2. The van der Waals surface area contributed by atoms with Gasteiger partial charge in [-0.1, -0.05) is 45.0 Å². The van der Waals surface area contributed by atoms with Gasteiger partial charge in [-0.2, -0.15) is 0 Å². The van der Waals surface area contributed by atoms with Crippen molar-refractivity contribution >= 4 is 0 Å². The smallest absolute Gasteiger partial charge is 0.130 e. The monoisotopic (exact) mass is 417 g/mol. The van der Waals surface area contributed by atoms with E-state index in [-0.39, 0.29) is 11.5 Å². The minimum absolute atomic E-state index is 0.0701. The van der Waals surface area contributed by atoms with Crippen LogP contribution in [0.25, 0.3) is 11.3 Å². The zero-order chi connectivity index (χ0) is 22.0. The Labute approximate surface area is 187 Å². The SMILES string of the molecule is CC1NC=C(C(C)(C)C)C=C1Oc1ccnc(-c2ccc(C3CCN(C)CC3)cc2)c1. The Hall–Kier alpha value is -2.59. The summed E-state index contributed by atoms with van der Waals surface area (Å²) in [5.74, 6) is 2.42. The van der Waals surface area contributed by atoms with E-state index in [1.54, 1.807) is 0 Å². The van der Waals surface area contributed by atoms with Gasteiger partial charge in [0.15, 0.2) is 0 Å². The molecule has 1 aromatic carbocycles. The fourth-order valence-electron chi connectivity index (χ4n) is 4.20. The largest absolute Gasteiger partial charge is 0.459 e. The zero-order valence-corrected chi connectivity index (χ0v) is 19.5. The van der Waals surface area contributed by atoms with E-state index in [0.29, 0.717) is 5.92 Å². The number of hydrogen-bond acceptors (Lipinski definition) is 4. The minimum Gasteiger partial charge on any atom is -0.459 e. The molecule has 1 fully saturated rings. The lowest BCUT2D eigenvalue weighted by atomic mass is 9.85. The second kappa shape index (κ2) is 8.88. The second-order valence-corrected chi connectivity index (χ2v) is 9.96. The van der Waals surface area contributed by atoms with Crippen LogP contribution in [0.15, 0.2) is 66.2 Å². The molecule has 2 aliphatic heterocycles. The van der Waals surface area contributed by atoms with Crippen molar-refractivity contribution in [1.82, 2.24) is 15.2 Å². The molecule has 31 heavy (non-hydrogen) atoms. The quantitative estimate of drug-likeness (QED) is 0.688. The van der Waals surface area contributed by atoms with Crippen molar-refractivity contribution < 1.29 is 4.74 Å². The topological polar surface area (TPSA) is 37.4 Å². The fraction of sp³-hybridized carbons (Fsp3) is 0.444. The average molecular weight is 418 g/mol. The molecule has 0 saturated carbocycles. The standard InChI is InChI=1S/C27H35N3O/c1-19-26(16-23(18-29-19)27(2,3)4)31-24-10-13-28-25(17-24)22-8-6-20(7-9-22)21-11-14-30(5)15-12-21/h6-10,13,16-19,21,29H,11-12,14-15H2,1-5H3. The third kappa shape index (κ3) is 5.19. The molecule has 0 spiro atoms. The molecule has 4 heteroatoms. The number of piperidine rings is 1. The van der Waals surface area contributed by atoms with Crippen molar-refractivity contribution in [2.24, 2.45) is 5.41 Å². The third-order valence-corrected chi connectivity index (χ3v) is 6.44. The first-order valence-electron chi connectivity index (χ1n) is 11.4. The Bertz CT molecular complexity index is 961. The van der Waals surface area contributed by atoms with Gasteiger partial charge in [0.2, 0.25) is 0 Å². The lowest BCUT2D eigenvalue weighted by Gasteiger charge is -2.29. The highest BCUT2D eigenvalue weighted by molar-refractivity contribution is 5.61. The van der Waals surface area contributed by atoms with E-state index in [1.807, 2.05) is 18.3 Å². The van der Waals surface area contributed by atoms with Crippen LogP contribution in [0.5, 0.6) is 5.75 Å². The molecule has 4 nitrogen and oxygen atoms in total. The molecule has 1 atom stereocenters. The van der Waals surface area contributed by atoms with Gasteiger partial charge in [0.05, 0.1) is 11.7 Å². The van der Waals surface area contributed by atoms with E-state index in [4.69, 9.17) is 4.74 Å². The van der Waals surface area contributed by atoms with Gasteiger partial charge >= 0.3 is 0 Å². The number of rotatable bonds is 4. The fourth-order valence-corrected chi connectivity index (χ4v) is 4.20. The van der Waals surface area contributed by atoms with Gasteiger partial charge in [0.25, 0.3) is 0 Å². The number of pyridine rings is 1. The van der Waals surface area contributed by atoms with Crippen molar-refractivity contribution in [3.63, 3.8) is 0 Å². The first-order valence-corrected chi connectivity index (χ1v) is 11.4. The Morgan fingerprint density at radius 2 is 1.77 bits per heavy atom. The van der Waals surface area contributed by atoms with E-state index in [9.17, 15) is 0 Å². The van der Waals surface area contributed by atoms with Gasteiger partial charge in [0.1, 0.15) is 11.5 Å². The molecule has 2 aromatic rings. The molecular formula is C27H35N3O. The van der Waals surface area contributed by atoms with Crippen LogP contribution in [0.3, 0.4) is 0 Å². The number of likely N-dealkylation sites (tertiary alicyclic amines) is 1. The van der Waals surface area contributed by atoms with E-state index in [2.05, 4.69) is 86.5 Å². The summed E-state index contributed by atoms with van der Waals surface area (Å²) in [6, 6.07) is 13.0. The first-order chi connectivity index (χ1) is 14.8. The molecule has 1 unspecified atom stereocenters. The van der Waals surface area contributed by atoms with Crippen LogP contribution >= 0.6 is 0 Å². The summed E-state index contributed by atoms with van der Waals surface area (Å²) < 4.78 is 6.30. The van der Waals surface area contributed by atoms with E-state index < -0.39 is 0 Å². The van der Waals surface area contributed by atoms with Crippen molar-refractivity contribution in [3.8, 4) is 17.0 Å². The predicted molar refractivity (Wildman–Crippen MR) is 128 cm³/mol. The Balaban J connectivity index is 1.50. The van der Waals surface area contributed by atoms with Crippen LogP contribution in [0.4, 0.5) is 0 Å². The number of dihydropyridines is 1. The van der Waals surface area contributed by atoms with Gasteiger partial charge in [-0.05, 0) is 74.5 Å². The summed E-state index contributed by atoms with van der Waals surface area (Å²) in [6.07, 6.45) is 8.57. The number of nitrogens with one attached hydrogen (secondary N) is 1. The number of aromatic nitrogens is 1. The van der Waals surface area contributed by atoms with Gasteiger partial charge in [-0.3, -0.25) is 4.98 Å². The summed E-state index contributed by atoms with van der Waals surface area (Å²) in [6.45, 7) is 11.1. The van der Waals surface area contributed by atoms with Gasteiger partial charge in [-0.15, -0.1) is 0 Å². The summed E-state index contributed by atoms with van der Waals surface area (Å²) in [7, 11) is 2.21. The van der Waals surface area contributed by atoms with Crippen molar-refractivity contribution in [3.05, 3.63) is 71.8 Å². The Morgan fingerprint density at radius 3 is 2.45 bits per heavy atom. The van der Waals surface area contributed by atoms with Crippen LogP contribution in [-0.4, -0.2) is 36.1 Å². The molecule has 1 N–H and O–H groups in total. The van der Waals surface area contributed by atoms with Crippen LogP contribution in [0.1, 0.15) is 52.0 Å². The molecule has 1 aromatic heterocycles. The highest BCUT2D eigenvalue weighted by atomic mass is 16.5. The van der Waals surface area contributed by atoms with Crippen LogP contribution in [-0.2, 0) is 0 Å². The third-order valence-electron chi connectivity index (χ3n) is 6.44. The second-order valence-electron chi connectivity index (χ2n) is 9.96. The van der Waals surface area contributed by atoms with Crippen molar-refractivity contribution in [2.45, 2.75) is 52.5 Å². The highest BCUT2D eigenvalue weighted by Gasteiger charge is 2.23. The lowest BCUT2D eigenvalue weighted by molar-refractivity contribution is 0.255. The average Bonchev–Trinajstić information content (AvgIpc) is 2.75. The van der Waals surface area contributed by atoms with Crippen LogP contribution in [0, 0.1) is 5.41 Å². The summed E-state index contributed by atoms with van der Waals surface area (Å²) in [5, 5.41) is 3.42. The predicted octanol–water partition coefficient (Wildman–Crippen LogP) is 5.74. The Kier molecular flexibility index (Phi) is 6.19. The summed E-state index contributed by atoms with van der Waals surface area (Å²) in [5.41, 5.74) is 4.82. The van der Waals surface area contributed by atoms with Gasteiger partial charge < -0.3 is 15.0 Å². The number of hydrogen-bond donors (Lipinski definition) is 1. The molecule has 4 rings (SSSR count). The highest BCUT2D eigenvalue weighted by Crippen LogP contribution is 2.32. The molecule has 3 heterocycles. The maximum absolute atomic E-state index is 6.30. The number of allylic oxidation sites excluding steroid dienone is 2. The maximum atomic E-state index is 6.30. The van der Waals surface area contributed by atoms with Crippen molar-refractivity contribution in [2.75, 3.05) is 20.1 Å². The molecule has 0 bridgehead atoms. The molecule has 164 valence electrons. The van der Waals surface area contributed by atoms with E-state index >= 15 is 0 Å². The molecule has 0 aliphatic carbocycles. The van der Waals surface area contributed by atoms with Crippen LogP contribution in [0.2, 0.25) is 0 Å². The lowest BCUT2D eigenvalue weighted by Crippen LogP contribution is -2.31. The first kappa shape index (κ1) is 21.6. The summed E-state index contributed by atoms with van der Waals surface area (Å²) in [4.78, 5) is 7.01. The van der Waals surface area contributed by atoms with Gasteiger partial charge in [0, 0.05) is 24.0 Å². The zero-order valence-electron chi connectivity index (χ0n) is 19.5. The van der Waals surface area contributed by atoms with E-state index in [0.717, 1.165) is 22.8 Å². The molecule has 2 aliphatic rings. The molecule has 1 saturated heterocycles. The normalized spacial score (nSPS) is 20.6. The molecule has 0 amide bonds. The molecule has 0 radical (unpaired) electrons. The maximum Gasteiger partial charge on any atom is 0.130 e.